The first-order chi connectivity index (χ1) is 13.2. The Morgan fingerprint density at radius 2 is 1.79 bits per heavy atom. The van der Waals surface area contributed by atoms with Gasteiger partial charge in [0.2, 0.25) is 5.96 Å². The predicted octanol–water partition coefficient (Wildman–Crippen LogP) is 2.37. The van der Waals surface area contributed by atoms with Crippen LogP contribution >= 0.6 is 15.9 Å². The van der Waals surface area contributed by atoms with E-state index in [2.05, 4.69) is 15.9 Å². The minimum Gasteiger partial charge on any atom is -0.302 e. The van der Waals surface area contributed by atoms with Gasteiger partial charge in [-0.25, -0.2) is 9.79 Å². The van der Waals surface area contributed by atoms with Gasteiger partial charge in [-0.1, -0.05) is 15.9 Å². The van der Waals surface area contributed by atoms with Gasteiger partial charge in [0.1, 0.15) is 5.78 Å². The first kappa shape index (κ1) is 18.7. The molecule has 1 saturated heterocycles. The Hall–Kier alpha value is -2.68. The Morgan fingerprint density at radius 1 is 1.14 bits per heavy atom. The van der Waals surface area contributed by atoms with E-state index in [-0.39, 0.29) is 12.3 Å². The van der Waals surface area contributed by atoms with E-state index in [1.807, 2.05) is 47.9 Å². The Morgan fingerprint density at radius 3 is 2.39 bits per heavy atom. The highest BCUT2D eigenvalue weighted by atomic mass is 79.9. The van der Waals surface area contributed by atoms with Crippen LogP contribution in [0.4, 0.5) is 10.5 Å². The van der Waals surface area contributed by atoms with Crippen molar-refractivity contribution in [3.8, 4) is 0 Å². The fraction of sp³-hybridized carbons (Fsp3) is 0.368. The van der Waals surface area contributed by atoms with Gasteiger partial charge in [0.05, 0.1) is 6.54 Å². The van der Waals surface area contributed by atoms with Crippen molar-refractivity contribution in [3.05, 3.63) is 40.1 Å². The van der Waals surface area contributed by atoms with Gasteiger partial charge in [-0.05, 0) is 45.0 Å². The quantitative estimate of drug-likeness (QED) is 0.713. The summed E-state index contributed by atoms with van der Waals surface area (Å²) in [6.07, 6.45) is -0.626. The lowest BCUT2D eigenvalue weighted by atomic mass is 10.1. The number of hydrogen-bond donors (Lipinski definition) is 0. The third-order valence-electron chi connectivity index (χ3n) is 5.36. The smallest absolute Gasteiger partial charge is 0.302 e. The van der Waals surface area contributed by atoms with Gasteiger partial charge in [0.15, 0.2) is 12.2 Å². The van der Waals surface area contributed by atoms with Crippen LogP contribution in [0.25, 0.3) is 0 Å². The van der Waals surface area contributed by atoms with Crippen LogP contribution in [0.3, 0.4) is 0 Å². The third kappa shape index (κ3) is 2.56. The number of ketones is 1. The molecule has 146 valence electrons. The third-order valence-corrected chi connectivity index (χ3v) is 5.89. The van der Waals surface area contributed by atoms with E-state index in [9.17, 15) is 14.4 Å². The van der Waals surface area contributed by atoms with Gasteiger partial charge in [-0.3, -0.25) is 24.3 Å². The molecular formula is C19H20BrN5O3. The van der Waals surface area contributed by atoms with Crippen LogP contribution in [0.15, 0.2) is 45.1 Å². The highest BCUT2D eigenvalue weighted by Crippen LogP contribution is 2.40. The standard InChI is InChI=1S/C19H20BrN5O3/c1-10(26)9-23-17(27)15-16(22(4)19(23)28)21-18-24(11(2)12(3)25(15)18)14-7-5-13(20)6-8-14/h5-8,15-16H,9H2,1-4H3. The van der Waals surface area contributed by atoms with Gasteiger partial charge >= 0.3 is 6.03 Å². The van der Waals surface area contributed by atoms with E-state index in [1.165, 1.54) is 11.8 Å². The van der Waals surface area contributed by atoms with Crippen molar-refractivity contribution in [2.45, 2.75) is 33.0 Å². The number of carbonyl (C=O) groups excluding carboxylic acids is 3. The van der Waals surface area contributed by atoms with Crippen LogP contribution < -0.4 is 4.90 Å². The summed E-state index contributed by atoms with van der Waals surface area (Å²) in [6.45, 7) is 5.05. The van der Waals surface area contributed by atoms with Crippen molar-refractivity contribution in [2.75, 3.05) is 18.5 Å². The van der Waals surface area contributed by atoms with Crippen LogP contribution in [0.1, 0.15) is 20.8 Å². The number of nitrogens with zero attached hydrogens (tertiary/aromatic N) is 5. The van der Waals surface area contributed by atoms with Crippen LogP contribution in [0, 0.1) is 0 Å². The SMILES string of the molecule is CC(=O)CN1C(=O)C2C(N=C3N(c4ccc(Br)cc4)C(C)=C(C)N32)N(C)C1=O. The number of anilines is 1. The molecule has 0 aliphatic carbocycles. The molecule has 2 unspecified atom stereocenters. The number of fused-ring (bicyclic) bond motifs is 3. The van der Waals surface area contributed by atoms with Crippen molar-refractivity contribution >= 4 is 45.3 Å². The van der Waals surface area contributed by atoms with Crippen LogP contribution in [0.2, 0.25) is 0 Å². The summed E-state index contributed by atoms with van der Waals surface area (Å²) in [4.78, 5) is 48.4. The van der Waals surface area contributed by atoms with E-state index < -0.39 is 24.1 Å². The number of amides is 3. The fourth-order valence-electron chi connectivity index (χ4n) is 3.88. The first-order valence-electron chi connectivity index (χ1n) is 8.90. The number of carbonyl (C=O) groups is 3. The number of Topliss-reactive ketones (excluding diaryl/α,β-unsaturated/α-hetero) is 1. The summed E-state index contributed by atoms with van der Waals surface area (Å²) in [7, 11) is 1.61. The van der Waals surface area contributed by atoms with Crippen LogP contribution in [-0.4, -0.2) is 64.2 Å². The molecule has 0 aromatic heterocycles. The van der Waals surface area contributed by atoms with Gasteiger partial charge < -0.3 is 4.90 Å². The molecule has 3 amide bonds. The lowest BCUT2D eigenvalue weighted by molar-refractivity contribution is -0.139. The van der Waals surface area contributed by atoms with Crippen molar-refractivity contribution in [2.24, 2.45) is 4.99 Å². The van der Waals surface area contributed by atoms with Crippen molar-refractivity contribution in [1.82, 2.24) is 14.7 Å². The van der Waals surface area contributed by atoms with E-state index in [1.54, 1.807) is 7.05 Å². The number of rotatable bonds is 3. The number of urea groups is 1. The van der Waals surface area contributed by atoms with Crippen LogP contribution in [-0.2, 0) is 9.59 Å². The number of hydrogen-bond acceptors (Lipinski definition) is 6. The fourth-order valence-corrected chi connectivity index (χ4v) is 4.14. The Bertz CT molecular complexity index is 955. The van der Waals surface area contributed by atoms with Gasteiger partial charge in [0.25, 0.3) is 5.91 Å². The summed E-state index contributed by atoms with van der Waals surface area (Å²) in [5.41, 5.74) is 2.78. The predicted molar refractivity (Wildman–Crippen MR) is 107 cm³/mol. The average molecular weight is 446 g/mol. The Balaban J connectivity index is 1.76. The number of imide groups is 1. The maximum atomic E-state index is 13.1. The lowest BCUT2D eigenvalue weighted by Crippen LogP contribution is -2.65. The molecule has 0 saturated carbocycles. The van der Waals surface area contributed by atoms with Gasteiger partial charge in [0, 0.05) is 28.6 Å². The molecule has 2 atom stereocenters. The molecule has 28 heavy (non-hydrogen) atoms. The lowest BCUT2D eigenvalue weighted by Gasteiger charge is -2.40. The Labute approximate surface area is 171 Å². The maximum Gasteiger partial charge on any atom is 0.328 e. The van der Waals surface area contributed by atoms with E-state index >= 15 is 0 Å². The average Bonchev–Trinajstić information content (AvgIpc) is 3.14. The molecule has 3 aliphatic rings. The highest BCUT2D eigenvalue weighted by molar-refractivity contribution is 9.10. The van der Waals surface area contributed by atoms with Gasteiger partial charge in [-0.2, -0.15) is 0 Å². The highest BCUT2D eigenvalue weighted by Gasteiger charge is 2.56. The molecule has 3 heterocycles. The topological polar surface area (TPSA) is 76.5 Å². The van der Waals surface area contributed by atoms with E-state index in [0.717, 1.165) is 26.5 Å². The molecule has 0 bridgehead atoms. The molecule has 0 spiro atoms. The first-order valence-corrected chi connectivity index (χ1v) is 9.69. The number of halogens is 1. The molecule has 1 aromatic rings. The number of allylic oxidation sites excluding steroid dienone is 2. The molecule has 8 nitrogen and oxygen atoms in total. The molecule has 1 fully saturated rings. The second-order valence-corrected chi connectivity index (χ2v) is 8.08. The maximum absolute atomic E-state index is 13.1. The molecule has 9 heteroatoms. The zero-order valence-electron chi connectivity index (χ0n) is 16.0. The second kappa shape index (κ2) is 6.44. The van der Waals surface area contributed by atoms with Crippen molar-refractivity contribution in [1.29, 1.82) is 0 Å². The van der Waals surface area contributed by atoms with Crippen molar-refractivity contribution < 1.29 is 14.4 Å². The molecule has 0 N–H and O–H groups in total. The molecule has 4 rings (SSSR count). The van der Waals surface area contributed by atoms with Crippen LogP contribution in [0.5, 0.6) is 0 Å². The summed E-state index contributed by atoms with van der Waals surface area (Å²) < 4.78 is 0.966. The number of benzene rings is 1. The molecular weight excluding hydrogens is 426 g/mol. The van der Waals surface area contributed by atoms with E-state index in [4.69, 9.17) is 4.99 Å². The normalized spacial score (nSPS) is 24.1. The van der Waals surface area contributed by atoms with E-state index in [0.29, 0.717) is 5.96 Å². The summed E-state index contributed by atoms with van der Waals surface area (Å²) in [5, 5.41) is 0. The second-order valence-electron chi connectivity index (χ2n) is 7.16. The van der Waals surface area contributed by atoms with Crippen molar-refractivity contribution in [3.63, 3.8) is 0 Å². The summed E-state index contributed by atoms with van der Waals surface area (Å²) in [6, 6.07) is 6.64. The number of likely N-dealkylation sites (N-methyl/N-ethyl adjacent to an activating group) is 1. The Kier molecular flexibility index (Phi) is 4.29. The number of guanidine groups is 1. The minimum absolute atomic E-state index is 0.230. The largest absolute Gasteiger partial charge is 0.328 e. The summed E-state index contributed by atoms with van der Waals surface area (Å²) >= 11 is 3.44. The molecule has 3 aliphatic heterocycles. The molecule has 0 radical (unpaired) electrons. The minimum atomic E-state index is -0.674. The zero-order valence-corrected chi connectivity index (χ0v) is 17.6. The number of aliphatic imine (C=N–C) groups is 1. The monoisotopic (exact) mass is 445 g/mol. The summed E-state index contributed by atoms with van der Waals surface area (Å²) in [5.74, 6) is -0.0223. The van der Waals surface area contributed by atoms with Gasteiger partial charge in [-0.15, -0.1) is 0 Å². The molecule has 1 aromatic carbocycles. The zero-order chi connectivity index (χ0) is 20.3.